The Morgan fingerprint density at radius 2 is 1.48 bits per heavy atom. The van der Waals surface area contributed by atoms with Gasteiger partial charge in [0.25, 0.3) is 0 Å². The first-order chi connectivity index (χ1) is 10.2. The van der Waals surface area contributed by atoms with Crippen LogP contribution in [0.15, 0.2) is 12.7 Å². The second kappa shape index (κ2) is 10.7. The molecule has 1 N–H and O–H groups in total. The second-order valence-corrected chi connectivity index (χ2v) is 5.97. The standard InChI is InChI=1S/C10H16O2.C7H12O2/c1-2-7-12-8-9-3-5-10(11)6-4-9;8-5-6-1-3-7(9)4-2-6/h2,9H,1,3-8H2;6,8H,1-5H2. The van der Waals surface area contributed by atoms with Crippen molar-refractivity contribution in [3.63, 3.8) is 0 Å². The molecule has 0 bridgehead atoms. The van der Waals surface area contributed by atoms with E-state index in [0.29, 0.717) is 42.9 Å². The number of aliphatic hydroxyl groups excluding tert-OH is 1. The number of ether oxygens (including phenoxy) is 1. The lowest BCUT2D eigenvalue weighted by molar-refractivity contribution is -0.122. The molecule has 0 aromatic carbocycles. The van der Waals surface area contributed by atoms with Crippen molar-refractivity contribution in [2.75, 3.05) is 19.8 Å². The number of Topliss-reactive ketones (excluding diaryl/α,β-unsaturated/α-hetero) is 2. The number of aliphatic hydroxyl groups is 1. The predicted octanol–water partition coefficient (Wildman–Crippen LogP) is 2.69. The summed E-state index contributed by atoms with van der Waals surface area (Å²) in [5, 5.41) is 8.67. The molecular weight excluding hydrogens is 268 g/mol. The Morgan fingerprint density at radius 3 is 1.90 bits per heavy atom. The smallest absolute Gasteiger partial charge is 0.132 e. The van der Waals surface area contributed by atoms with Crippen molar-refractivity contribution in [1.29, 1.82) is 0 Å². The largest absolute Gasteiger partial charge is 0.396 e. The minimum absolute atomic E-state index is 0.257. The third-order valence-corrected chi connectivity index (χ3v) is 4.17. The van der Waals surface area contributed by atoms with Gasteiger partial charge in [-0.1, -0.05) is 6.08 Å². The molecule has 0 spiro atoms. The quantitative estimate of drug-likeness (QED) is 0.626. The van der Waals surface area contributed by atoms with Crippen molar-refractivity contribution in [2.45, 2.75) is 51.4 Å². The molecule has 0 unspecified atom stereocenters. The first-order valence-corrected chi connectivity index (χ1v) is 7.98. The zero-order chi connectivity index (χ0) is 15.5. The highest BCUT2D eigenvalue weighted by Gasteiger charge is 2.18. The van der Waals surface area contributed by atoms with Crippen molar-refractivity contribution in [3.05, 3.63) is 12.7 Å². The molecule has 2 saturated carbocycles. The molecule has 21 heavy (non-hydrogen) atoms. The summed E-state index contributed by atoms with van der Waals surface area (Å²) in [6.07, 6.45) is 8.45. The summed E-state index contributed by atoms with van der Waals surface area (Å²) < 4.78 is 5.33. The molecule has 0 aromatic heterocycles. The summed E-state index contributed by atoms with van der Waals surface area (Å²) >= 11 is 0. The Bertz CT molecular complexity index is 318. The minimum atomic E-state index is 0.257. The van der Waals surface area contributed by atoms with Crippen molar-refractivity contribution in [1.82, 2.24) is 0 Å². The van der Waals surface area contributed by atoms with Crippen molar-refractivity contribution in [2.24, 2.45) is 11.8 Å². The van der Waals surface area contributed by atoms with Gasteiger partial charge in [-0.2, -0.15) is 0 Å². The highest BCUT2D eigenvalue weighted by atomic mass is 16.5. The van der Waals surface area contributed by atoms with Crippen LogP contribution >= 0.6 is 0 Å². The van der Waals surface area contributed by atoms with E-state index in [0.717, 1.165) is 45.1 Å². The van der Waals surface area contributed by atoms with Gasteiger partial charge in [-0.15, -0.1) is 6.58 Å². The zero-order valence-electron chi connectivity index (χ0n) is 12.9. The van der Waals surface area contributed by atoms with Crippen LogP contribution in [0.3, 0.4) is 0 Å². The maximum Gasteiger partial charge on any atom is 0.132 e. The van der Waals surface area contributed by atoms with E-state index < -0.39 is 0 Å². The van der Waals surface area contributed by atoms with Crippen LogP contribution in [0.25, 0.3) is 0 Å². The third kappa shape index (κ3) is 8.12. The topological polar surface area (TPSA) is 63.6 Å². The van der Waals surface area contributed by atoms with E-state index in [1.54, 1.807) is 6.08 Å². The minimum Gasteiger partial charge on any atom is -0.396 e. The van der Waals surface area contributed by atoms with Gasteiger partial charge in [0.2, 0.25) is 0 Å². The van der Waals surface area contributed by atoms with Gasteiger partial charge in [0.1, 0.15) is 11.6 Å². The van der Waals surface area contributed by atoms with Crippen LogP contribution < -0.4 is 0 Å². The first-order valence-electron chi connectivity index (χ1n) is 7.98. The van der Waals surface area contributed by atoms with Gasteiger partial charge in [0, 0.05) is 38.9 Å². The molecule has 2 aliphatic rings. The van der Waals surface area contributed by atoms with E-state index in [-0.39, 0.29) is 6.61 Å². The molecule has 2 aliphatic carbocycles. The summed E-state index contributed by atoms with van der Waals surface area (Å²) in [7, 11) is 0. The van der Waals surface area contributed by atoms with E-state index >= 15 is 0 Å². The summed E-state index contributed by atoms with van der Waals surface area (Å²) in [6.45, 7) is 5.25. The summed E-state index contributed by atoms with van der Waals surface area (Å²) in [6, 6.07) is 0. The van der Waals surface area contributed by atoms with E-state index in [4.69, 9.17) is 9.84 Å². The molecule has 0 aromatic rings. The molecule has 2 rings (SSSR count). The molecule has 0 radical (unpaired) electrons. The van der Waals surface area contributed by atoms with Crippen LogP contribution in [-0.4, -0.2) is 36.5 Å². The van der Waals surface area contributed by atoms with Gasteiger partial charge in [0.05, 0.1) is 6.61 Å². The van der Waals surface area contributed by atoms with Crippen LogP contribution in [0, 0.1) is 11.8 Å². The molecule has 4 nitrogen and oxygen atoms in total. The Hall–Kier alpha value is -1.00. The van der Waals surface area contributed by atoms with E-state index in [1.807, 2.05) is 0 Å². The molecule has 0 amide bonds. The lowest BCUT2D eigenvalue weighted by Gasteiger charge is -2.20. The molecule has 0 saturated heterocycles. The molecule has 0 heterocycles. The summed E-state index contributed by atoms with van der Waals surface area (Å²) in [5.74, 6) is 1.78. The fourth-order valence-electron chi connectivity index (χ4n) is 2.67. The van der Waals surface area contributed by atoms with Crippen LogP contribution in [0.4, 0.5) is 0 Å². The Labute approximate surface area is 127 Å². The number of hydrogen-bond donors (Lipinski definition) is 1. The van der Waals surface area contributed by atoms with E-state index in [9.17, 15) is 9.59 Å². The van der Waals surface area contributed by atoms with Gasteiger partial charge < -0.3 is 9.84 Å². The van der Waals surface area contributed by atoms with Crippen LogP contribution in [0.1, 0.15) is 51.4 Å². The molecular formula is C17H28O4. The Balaban J connectivity index is 0.000000219. The number of rotatable bonds is 5. The normalized spacial score (nSPS) is 20.8. The predicted molar refractivity (Wildman–Crippen MR) is 82.0 cm³/mol. The molecule has 2 fully saturated rings. The molecule has 0 atom stereocenters. The van der Waals surface area contributed by atoms with Crippen molar-refractivity contribution < 1.29 is 19.4 Å². The van der Waals surface area contributed by atoms with Gasteiger partial charge in [0.15, 0.2) is 0 Å². The van der Waals surface area contributed by atoms with Crippen molar-refractivity contribution in [3.8, 4) is 0 Å². The van der Waals surface area contributed by atoms with Gasteiger partial charge >= 0.3 is 0 Å². The summed E-state index contributed by atoms with van der Waals surface area (Å²) in [4.78, 5) is 21.5. The first kappa shape index (κ1) is 18.1. The maximum atomic E-state index is 10.9. The lowest BCUT2D eigenvalue weighted by Crippen LogP contribution is -2.18. The Morgan fingerprint density at radius 1 is 1.00 bits per heavy atom. The van der Waals surface area contributed by atoms with E-state index in [2.05, 4.69) is 6.58 Å². The number of ketones is 2. The average Bonchev–Trinajstić information content (AvgIpc) is 2.51. The van der Waals surface area contributed by atoms with Gasteiger partial charge in [-0.25, -0.2) is 0 Å². The Kier molecular flexibility index (Phi) is 9.19. The molecule has 4 heteroatoms. The average molecular weight is 296 g/mol. The third-order valence-electron chi connectivity index (χ3n) is 4.17. The SMILES string of the molecule is C=CCOCC1CCC(=O)CC1.O=C1CCC(CO)CC1. The van der Waals surface area contributed by atoms with Crippen LogP contribution in [0.2, 0.25) is 0 Å². The lowest BCUT2D eigenvalue weighted by atomic mass is 9.89. The number of carbonyl (C=O) groups excluding carboxylic acids is 2. The second-order valence-electron chi connectivity index (χ2n) is 5.97. The maximum absolute atomic E-state index is 10.9. The van der Waals surface area contributed by atoms with Crippen molar-refractivity contribution >= 4 is 11.6 Å². The zero-order valence-corrected chi connectivity index (χ0v) is 12.9. The highest BCUT2D eigenvalue weighted by molar-refractivity contribution is 5.79. The van der Waals surface area contributed by atoms with Gasteiger partial charge in [-0.3, -0.25) is 9.59 Å². The molecule has 120 valence electrons. The molecule has 0 aliphatic heterocycles. The van der Waals surface area contributed by atoms with Crippen LogP contribution in [0.5, 0.6) is 0 Å². The van der Waals surface area contributed by atoms with Crippen LogP contribution in [-0.2, 0) is 14.3 Å². The fourth-order valence-corrected chi connectivity index (χ4v) is 2.67. The number of hydrogen-bond acceptors (Lipinski definition) is 4. The number of carbonyl (C=O) groups is 2. The summed E-state index contributed by atoms with van der Waals surface area (Å²) in [5.41, 5.74) is 0. The fraction of sp³-hybridized carbons (Fsp3) is 0.765. The monoisotopic (exact) mass is 296 g/mol. The highest BCUT2D eigenvalue weighted by Crippen LogP contribution is 2.21. The van der Waals surface area contributed by atoms with Gasteiger partial charge in [-0.05, 0) is 37.5 Å². The van der Waals surface area contributed by atoms with E-state index in [1.165, 1.54) is 0 Å².